The summed E-state index contributed by atoms with van der Waals surface area (Å²) in [4.78, 5) is 49.9. The Labute approximate surface area is 153 Å². The number of piperidine rings is 1. The number of aliphatic carboxylic acids is 1. The molecule has 1 rings (SSSR count). The Hall–Kier alpha value is -2.32. The average Bonchev–Trinajstić information content (AvgIpc) is 2.51. The number of hydrogen-bond donors (Lipinski definition) is 2. The summed E-state index contributed by atoms with van der Waals surface area (Å²) >= 11 is 0. The Morgan fingerprint density at radius 2 is 1.77 bits per heavy atom. The van der Waals surface area contributed by atoms with Gasteiger partial charge < -0.3 is 25.0 Å². The van der Waals surface area contributed by atoms with Crippen molar-refractivity contribution in [3.8, 4) is 0 Å². The fourth-order valence-corrected chi connectivity index (χ4v) is 2.76. The highest BCUT2D eigenvalue weighted by atomic mass is 16.6. The van der Waals surface area contributed by atoms with Crippen molar-refractivity contribution in [1.29, 1.82) is 0 Å². The van der Waals surface area contributed by atoms with Gasteiger partial charge in [0.2, 0.25) is 11.8 Å². The second kappa shape index (κ2) is 8.86. The van der Waals surface area contributed by atoms with Crippen LogP contribution in [0.5, 0.6) is 0 Å². The van der Waals surface area contributed by atoms with Crippen molar-refractivity contribution in [1.82, 2.24) is 15.1 Å². The summed E-state index contributed by atoms with van der Waals surface area (Å²) in [5.41, 5.74) is -0.645. The van der Waals surface area contributed by atoms with Crippen LogP contribution in [0.25, 0.3) is 0 Å². The van der Waals surface area contributed by atoms with E-state index in [1.165, 1.54) is 11.9 Å². The van der Waals surface area contributed by atoms with Crippen LogP contribution >= 0.6 is 0 Å². The Kier molecular flexibility index (Phi) is 7.41. The van der Waals surface area contributed by atoms with Crippen molar-refractivity contribution in [2.45, 2.75) is 52.2 Å². The molecule has 0 spiro atoms. The molecule has 0 saturated carbocycles. The quantitative estimate of drug-likeness (QED) is 0.734. The number of likely N-dealkylation sites (N-methyl/N-ethyl adjacent to an activating group) is 1. The first-order valence-electron chi connectivity index (χ1n) is 8.65. The first kappa shape index (κ1) is 21.7. The van der Waals surface area contributed by atoms with E-state index in [1.807, 2.05) is 0 Å². The molecular weight excluding hydrogens is 342 g/mol. The standard InChI is InChI=1S/C17H29N3O6/c1-11(18-16(25)26-17(2,3)4)14(23)20-8-6-12(7-9-20)15(24)19(5)10-13(21)22/h11-12H,6-10H2,1-5H3,(H,18,25)(H,21,22). The van der Waals surface area contributed by atoms with Crippen molar-refractivity contribution in [3.63, 3.8) is 0 Å². The molecule has 1 unspecified atom stereocenters. The zero-order valence-corrected chi connectivity index (χ0v) is 16.1. The number of likely N-dealkylation sites (tertiary alicyclic amines) is 1. The molecule has 0 bridgehead atoms. The predicted octanol–water partition coefficient (Wildman–Crippen LogP) is 0.681. The van der Waals surface area contributed by atoms with Crippen molar-refractivity contribution in [2.75, 3.05) is 26.7 Å². The van der Waals surface area contributed by atoms with Crippen molar-refractivity contribution < 1.29 is 29.0 Å². The van der Waals surface area contributed by atoms with Gasteiger partial charge in [-0.05, 0) is 40.5 Å². The van der Waals surface area contributed by atoms with E-state index in [1.54, 1.807) is 32.6 Å². The van der Waals surface area contributed by atoms with E-state index in [0.29, 0.717) is 25.9 Å². The molecule has 0 aliphatic carbocycles. The summed E-state index contributed by atoms with van der Waals surface area (Å²) < 4.78 is 5.13. The van der Waals surface area contributed by atoms with E-state index >= 15 is 0 Å². The van der Waals surface area contributed by atoms with Crippen LogP contribution < -0.4 is 5.32 Å². The Bertz CT molecular complexity index is 549. The van der Waals surface area contributed by atoms with Crippen LogP contribution in [0.4, 0.5) is 4.79 Å². The van der Waals surface area contributed by atoms with Gasteiger partial charge in [0.1, 0.15) is 18.2 Å². The third-order valence-corrected chi connectivity index (χ3v) is 4.01. The summed E-state index contributed by atoms with van der Waals surface area (Å²) in [6, 6.07) is -0.730. The predicted molar refractivity (Wildman–Crippen MR) is 93.4 cm³/mol. The van der Waals surface area contributed by atoms with Gasteiger partial charge in [-0.25, -0.2) is 4.79 Å². The van der Waals surface area contributed by atoms with Crippen LogP contribution in [-0.4, -0.2) is 77.1 Å². The molecule has 9 nitrogen and oxygen atoms in total. The van der Waals surface area contributed by atoms with Crippen LogP contribution in [0.3, 0.4) is 0 Å². The molecule has 0 aromatic rings. The molecule has 26 heavy (non-hydrogen) atoms. The van der Waals surface area contributed by atoms with Crippen molar-refractivity contribution in [3.05, 3.63) is 0 Å². The van der Waals surface area contributed by atoms with Gasteiger partial charge in [-0.1, -0.05) is 0 Å². The lowest BCUT2D eigenvalue weighted by Crippen LogP contribution is -2.51. The molecule has 3 amide bonds. The van der Waals surface area contributed by atoms with Gasteiger partial charge in [0.15, 0.2) is 0 Å². The largest absolute Gasteiger partial charge is 0.480 e. The van der Waals surface area contributed by atoms with Gasteiger partial charge >= 0.3 is 12.1 Å². The molecule has 9 heteroatoms. The van der Waals surface area contributed by atoms with Crippen molar-refractivity contribution >= 4 is 23.9 Å². The monoisotopic (exact) mass is 371 g/mol. The lowest BCUT2D eigenvalue weighted by molar-refractivity contribution is -0.146. The number of nitrogens with one attached hydrogen (secondary N) is 1. The minimum absolute atomic E-state index is 0.223. The summed E-state index contributed by atoms with van der Waals surface area (Å²) in [5, 5.41) is 11.3. The molecule has 1 heterocycles. The minimum atomic E-state index is -1.06. The van der Waals surface area contributed by atoms with E-state index < -0.39 is 23.7 Å². The molecule has 1 atom stereocenters. The number of nitrogens with zero attached hydrogens (tertiary/aromatic N) is 2. The Balaban J connectivity index is 2.49. The van der Waals surface area contributed by atoms with Gasteiger partial charge in [-0.3, -0.25) is 14.4 Å². The normalized spacial score (nSPS) is 16.6. The van der Waals surface area contributed by atoms with E-state index in [0.717, 1.165) is 0 Å². The minimum Gasteiger partial charge on any atom is -0.480 e. The van der Waals surface area contributed by atoms with Gasteiger partial charge in [0.05, 0.1) is 0 Å². The fourth-order valence-electron chi connectivity index (χ4n) is 2.76. The van der Waals surface area contributed by atoms with E-state index in [4.69, 9.17) is 9.84 Å². The van der Waals surface area contributed by atoms with E-state index in [2.05, 4.69) is 5.32 Å². The molecule has 0 aromatic heterocycles. The summed E-state index contributed by atoms with van der Waals surface area (Å²) in [6.45, 7) is 7.23. The molecule has 148 valence electrons. The second-order valence-corrected chi connectivity index (χ2v) is 7.56. The summed E-state index contributed by atoms with van der Waals surface area (Å²) in [5.74, 6) is -1.81. The lowest BCUT2D eigenvalue weighted by Gasteiger charge is -2.34. The molecular formula is C17H29N3O6. The van der Waals surface area contributed by atoms with Gasteiger partial charge in [-0.2, -0.15) is 0 Å². The maximum atomic E-state index is 12.4. The number of hydrogen-bond acceptors (Lipinski definition) is 5. The second-order valence-electron chi connectivity index (χ2n) is 7.56. The number of ether oxygens (including phenoxy) is 1. The maximum absolute atomic E-state index is 12.4. The maximum Gasteiger partial charge on any atom is 0.408 e. The van der Waals surface area contributed by atoms with Crippen LogP contribution in [-0.2, 0) is 19.1 Å². The third kappa shape index (κ3) is 6.89. The highest BCUT2D eigenvalue weighted by Crippen LogP contribution is 2.20. The van der Waals surface area contributed by atoms with Crippen LogP contribution in [0.2, 0.25) is 0 Å². The molecule has 1 aliphatic rings. The molecule has 1 saturated heterocycles. The van der Waals surface area contributed by atoms with Gasteiger partial charge in [0, 0.05) is 26.1 Å². The molecule has 0 radical (unpaired) electrons. The van der Waals surface area contributed by atoms with E-state index in [-0.39, 0.29) is 24.3 Å². The number of amides is 3. The molecule has 0 aromatic carbocycles. The zero-order valence-electron chi connectivity index (χ0n) is 16.1. The summed E-state index contributed by atoms with van der Waals surface area (Å²) in [6.07, 6.45) is 0.278. The van der Waals surface area contributed by atoms with Crippen molar-refractivity contribution in [2.24, 2.45) is 5.92 Å². The topological polar surface area (TPSA) is 116 Å². The highest BCUT2D eigenvalue weighted by Gasteiger charge is 2.32. The number of carbonyl (C=O) groups is 4. The van der Waals surface area contributed by atoms with Crippen LogP contribution in [0.1, 0.15) is 40.5 Å². The first-order chi connectivity index (χ1) is 11.9. The third-order valence-electron chi connectivity index (χ3n) is 4.01. The number of carboxylic acid groups (broad SMARTS) is 1. The Morgan fingerprint density at radius 1 is 1.23 bits per heavy atom. The van der Waals surface area contributed by atoms with Gasteiger partial charge in [0.25, 0.3) is 0 Å². The first-order valence-corrected chi connectivity index (χ1v) is 8.65. The lowest BCUT2D eigenvalue weighted by atomic mass is 9.95. The van der Waals surface area contributed by atoms with Crippen LogP contribution in [0, 0.1) is 5.92 Å². The number of alkyl carbamates (subject to hydrolysis) is 1. The number of carbonyl (C=O) groups excluding carboxylic acids is 3. The highest BCUT2D eigenvalue weighted by molar-refractivity contribution is 5.86. The number of carboxylic acids is 1. The molecule has 2 N–H and O–H groups in total. The number of rotatable bonds is 5. The smallest absolute Gasteiger partial charge is 0.408 e. The van der Waals surface area contributed by atoms with Crippen LogP contribution in [0.15, 0.2) is 0 Å². The fraction of sp³-hybridized carbons (Fsp3) is 0.765. The molecule has 1 aliphatic heterocycles. The van der Waals surface area contributed by atoms with E-state index in [9.17, 15) is 19.2 Å². The van der Waals surface area contributed by atoms with Gasteiger partial charge in [-0.15, -0.1) is 0 Å². The SMILES string of the molecule is CC(NC(=O)OC(C)(C)C)C(=O)N1CCC(C(=O)N(C)CC(=O)O)CC1. The average molecular weight is 371 g/mol. The summed E-state index contributed by atoms with van der Waals surface area (Å²) in [7, 11) is 1.46. The zero-order chi connectivity index (χ0) is 20.1. The Morgan fingerprint density at radius 3 is 2.23 bits per heavy atom. The molecule has 1 fully saturated rings.